The first-order valence-corrected chi connectivity index (χ1v) is 7.95. The lowest BCUT2D eigenvalue weighted by Gasteiger charge is -2.08. The third kappa shape index (κ3) is 8.92. The number of nitrogens with one attached hydrogen (secondary N) is 1. The molecular weight excluding hydrogens is 324 g/mol. The zero-order valence-electron chi connectivity index (χ0n) is 12.8. The van der Waals surface area contributed by atoms with Crippen LogP contribution in [0.3, 0.4) is 0 Å². The number of amides is 1. The SMILES string of the molecule is COC(=O)CSCc1cccc(NC(=O)CCC(C)N)c1.Cl. The first-order chi connectivity index (χ1) is 10.0. The van der Waals surface area contributed by atoms with E-state index in [9.17, 15) is 9.59 Å². The summed E-state index contributed by atoms with van der Waals surface area (Å²) in [5, 5.41) is 2.85. The van der Waals surface area contributed by atoms with Crippen LogP contribution in [0.1, 0.15) is 25.3 Å². The number of halogens is 1. The van der Waals surface area contributed by atoms with E-state index >= 15 is 0 Å². The number of ether oxygens (including phenoxy) is 1. The quantitative estimate of drug-likeness (QED) is 0.707. The summed E-state index contributed by atoms with van der Waals surface area (Å²) in [5.41, 5.74) is 7.44. The van der Waals surface area contributed by atoms with Gasteiger partial charge in [0.1, 0.15) is 0 Å². The number of benzene rings is 1. The molecule has 7 heteroatoms. The van der Waals surface area contributed by atoms with Crippen LogP contribution in [0, 0.1) is 0 Å². The van der Waals surface area contributed by atoms with Gasteiger partial charge in [0.25, 0.3) is 0 Å². The molecule has 22 heavy (non-hydrogen) atoms. The number of nitrogens with two attached hydrogens (primary N) is 1. The maximum atomic E-state index is 11.7. The highest BCUT2D eigenvalue weighted by molar-refractivity contribution is 7.99. The number of anilines is 1. The highest BCUT2D eigenvalue weighted by atomic mass is 35.5. The van der Waals surface area contributed by atoms with Gasteiger partial charge in [0.05, 0.1) is 12.9 Å². The maximum Gasteiger partial charge on any atom is 0.315 e. The summed E-state index contributed by atoms with van der Waals surface area (Å²) in [6.45, 7) is 1.88. The number of thioether (sulfide) groups is 1. The molecule has 0 aliphatic heterocycles. The summed E-state index contributed by atoms with van der Waals surface area (Å²) < 4.78 is 4.58. The molecule has 0 heterocycles. The number of methoxy groups -OCH3 is 1. The fourth-order valence-corrected chi connectivity index (χ4v) is 2.43. The van der Waals surface area contributed by atoms with E-state index in [4.69, 9.17) is 5.73 Å². The molecule has 0 aliphatic rings. The minimum atomic E-state index is -0.236. The lowest BCUT2D eigenvalue weighted by Crippen LogP contribution is -2.19. The van der Waals surface area contributed by atoms with Gasteiger partial charge in [-0.15, -0.1) is 24.2 Å². The maximum absolute atomic E-state index is 11.7. The van der Waals surface area contributed by atoms with Gasteiger partial charge in [-0.05, 0) is 31.0 Å². The van der Waals surface area contributed by atoms with Crippen LogP contribution >= 0.6 is 24.2 Å². The van der Waals surface area contributed by atoms with Gasteiger partial charge in [-0.25, -0.2) is 0 Å². The van der Waals surface area contributed by atoms with Crippen LogP contribution in [0.15, 0.2) is 24.3 Å². The largest absolute Gasteiger partial charge is 0.468 e. The Hall–Kier alpha value is -1.24. The van der Waals surface area contributed by atoms with Crippen LogP contribution in [0.4, 0.5) is 5.69 Å². The Labute approximate surface area is 141 Å². The van der Waals surface area contributed by atoms with Crippen molar-refractivity contribution in [2.75, 3.05) is 18.2 Å². The van der Waals surface area contributed by atoms with Gasteiger partial charge < -0.3 is 15.8 Å². The van der Waals surface area contributed by atoms with E-state index in [0.717, 1.165) is 11.3 Å². The van der Waals surface area contributed by atoms with Crippen molar-refractivity contribution in [3.63, 3.8) is 0 Å². The molecule has 0 aliphatic carbocycles. The summed E-state index contributed by atoms with van der Waals surface area (Å²) in [7, 11) is 1.38. The van der Waals surface area contributed by atoms with Gasteiger partial charge in [-0.1, -0.05) is 12.1 Å². The van der Waals surface area contributed by atoms with Crippen LogP contribution in [0.2, 0.25) is 0 Å². The van der Waals surface area contributed by atoms with Crippen LogP contribution in [-0.2, 0) is 20.1 Å². The van der Waals surface area contributed by atoms with Gasteiger partial charge in [-0.2, -0.15) is 0 Å². The van der Waals surface area contributed by atoms with Gasteiger partial charge in [-0.3, -0.25) is 9.59 Å². The number of carbonyl (C=O) groups excluding carboxylic acids is 2. The van der Waals surface area contributed by atoms with Crippen LogP contribution in [-0.4, -0.2) is 30.8 Å². The minimum Gasteiger partial charge on any atom is -0.468 e. The van der Waals surface area contributed by atoms with E-state index in [1.54, 1.807) is 0 Å². The molecule has 1 rings (SSSR count). The van der Waals surface area contributed by atoms with E-state index in [1.807, 2.05) is 31.2 Å². The van der Waals surface area contributed by atoms with Gasteiger partial charge in [0.2, 0.25) is 5.91 Å². The molecule has 0 saturated carbocycles. The fraction of sp³-hybridized carbons (Fsp3) is 0.467. The zero-order valence-corrected chi connectivity index (χ0v) is 14.5. The molecule has 0 aromatic heterocycles. The molecule has 124 valence electrons. The van der Waals surface area contributed by atoms with E-state index in [-0.39, 0.29) is 30.3 Å². The Balaban J connectivity index is 0.00000441. The second-order valence-corrected chi connectivity index (χ2v) is 5.82. The molecule has 1 unspecified atom stereocenters. The Morgan fingerprint density at radius 3 is 2.77 bits per heavy atom. The Bertz CT molecular complexity index is 484. The first-order valence-electron chi connectivity index (χ1n) is 6.80. The van der Waals surface area contributed by atoms with Crippen molar-refractivity contribution in [3.05, 3.63) is 29.8 Å². The molecular formula is C15H23ClN2O3S. The van der Waals surface area contributed by atoms with Crippen molar-refractivity contribution < 1.29 is 14.3 Å². The summed E-state index contributed by atoms with van der Waals surface area (Å²) in [4.78, 5) is 22.8. The zero-order chi connectivity index (χ0) is 15.7. The third-order valence-electron chi connectivity index (χ3n) is 2.75. The lowest BCUT2D eigenvalue weighted by atomic mass is 10.2. The van der Waals surface area contributed by atoms with Crippen molar-refractivity contribution >= 4 is 41.7 Å². The van der Waals surface area contributed by atoms with Crippen molar-refractivity contribution in [1.82, 2.24) is 0 Å². The topological polar surface area (TPSA) is 81.4 Å². The molecule has 0 saturated heterocycles. The molecule has 0 fully saturated rings. The number of esters is 1. The summed E-state index contributed by atoms with van der Waals surface area (Å²) in [6.07, 6.45) is 1.08. The predicted octanol–water partition coefficient (Wildman–Crippen LogP) is 2.58. The van der Waals surface area contributed by atoms with E-state index in [2.05, 4.69) is 10.1 Å². The minimum absolute atomic E-state index is 0. The monoisotopic (exact) mass is 346 g/mol. The number of rotatable bonds is 8. The second-order valence-electron chi connectivity index (χ2n) is 4.83. The number of hydrogen-bond donors (Lipinski definition) is 2. The van der Waals surface area contributed by atoms with E-state index in [0.29, 0.717) is 24.3 Å². The highest BCUT2D eigenvalue weighted by Crippen LogP contribution is 2.17. The van der Waals surface area contributed by atoms with E-state index < -0.39 is 0 Å². The Morgan fingerprint density at radius 2 is 2.14 bits per heavy atom. The van der Waals surface area contributed by atoms with Crippen LogP contribution in [0.5, 0.6) is 0 Å². The van der Waals surface area contributed by atoms with E-state index in [1.165, 1.54) is 18.9 Å². The Kier molecular flexibility index (Phi) is 10.7. The number of carbonyl (C=O) groups is 2. The molecule has 3 N–H and O–H groups in total. The van der Waals surface area contributed by atoms with Gasteiger partial charge >= 0.3 is 5.97 Å². The summed E-state index contributed by atoms with van der Waals surface area (Å²) in [6, 6.07) is 7.63. The first kappa shape index (κ1) is 20.8. The van der Waals surface area contributed by atoms with Crippen LogP contribution < -0.4 is 11.1 Å². The molecule has 5 nitrogen and oxygen atoms in total. The second kappa shape index (κ2) is 11.3. The van der Waals surface area contributed by atoms with Crippen molar-refractivity contribution in [1.29, 1.82) is 0 Å². The van der Waals surface area contributed by atoms with Crippen LogP contribution in [0.25, 0.3) is 0 Å². The van der Waals surface area contributed by atoms with Crippen molar-refractivity contribution in [2.45, 2.75) is 31.6 Å². The normalized spacial score (nSPS) is 11.2. The average Bonchev–Trinajstić information content (AvgIpc) is 2.45. The van der Waals surface area contributed by atoms with Crippen molar-refractivity contribution in [3.8, 4) is 0 Å². The average molecular weight is 347 g/mol. The molecule has 1 aromatic carbocycles. The fourth-order valence-electron chi connectivity index (χ4n) is 1.63. The molecule has 0 spiro atoms. The summed E-state index contributed by atoms with van der Waals surface area (Å²) in [5.74, 6) is 0.743. The molecule has 1 amide bonds. The standard InChI is InChI=1S/C15H22N2O3S.ClH/c1-11(16)6-7-14(18)17-13-5-3-4-12(8-13)9-21-10-15(19)20-2;/h3-5,8,11H,6-7,9-10,16H2,1-2H3,(H,17,18);1H. The third-order valence-corrected chi connectivity index (χ3v) is 3.73. The molecule has 0 bridgehead atoms. The lowest BCUT2D eigenvalue weighted by molar-refractivity contribution is -0.137. The predicted molar refractivity (Wildman–Crippen MR) is 93.4 cm³/mol. The van der Waals surface area contributed by atoms with Gasteiger partial charge in [0.15, 0.2) is 0 Å². The molecule has 1 atom stereocenters. The van der Waals surface area contributed by atoms with Gasteiger partial charge in [0, 0.05) is 23.9 Å². The molecule has 1 aromatic rings. The van der Waals surface area contributed by atoms with Crippen molar-refractivity contribution in [2.24, 2.45) is 5.73 Å². The summed E-state index contributed by atoms with van der Waals surface area (Å²) >= 11 is 1.48. The molecule has 0 radical (unpaired) electrons. The number of hydrogen-bond acceptors (Lipinski definition) is 5. The smallest absolute Gasteiger partial charge is 0.315 e. The highest BCUT2D eigenvalue weighted by Gasteiger charge is 2.05. The Morgan fingerprint density at radius 1 is 1.41 bits per heavy atom.